The number of aromatic nitrogens is 2. The summed E-state index contributed by atoms with van der Waals surface area (Å²) < 4.78 is 12.0. The predicted octanol–water partition coefficient (Wildman–Crippen LogP) is 5.23. The highest BCUT2D eigenvalue weighted by Crippen LogP contribution is 2.33. The summed E-state index contributed by atoms with van der Waals surface area (Å²) in [6.45, 7) is 2.46. The van der Waals surface area contributed by atoms with Crippen LogP contribution in [-0.4, -0.2) is 45.3 Å². The maximum Gasteiger partial charge on any atom is 0.506 e. The average molecular weight is 423 g/mol. The smallest absolute Gasteiger partial charge is 0.450 e. The summed E-state index contributed by atoms with van der Waals surface area (Å²) >= 11 is 1.53. The van der Waals surface area contributed by atoms with Crippen LogP contribution in [0.15, 0.2) is 48.7 Å². The Balaban J connectivity index is 1.26. The van der Waals surface area contributed by atoms with Gasteiger partial charge >= 0.3 is 6.16 Å². The molecule has 2 N–H and O–H groups in total. The van der Waals surface area contributed by atoms with E-state index < -0.39 is 6.16 Å². The molecule has 1 aliphatic heterocycles. The van der Waals surface area contributed by atoms with Gasteiger partial charge in [0.15, 0.2) is 0 Å². The number of carboxylic acid groups (broad SMARTS) is 1. The molecule has 0 bridgehead atoms. The van der Waals surface area contributed by atoms with Gasteiger partial charge in [-0.05, 0) is 42.7 Å². The lowest BCUT2D eigenvalue weighted by molar-refractivity contribution is 0.0186. The highest BCUT2D eigenvalue weighted by molar-refractivity contribution is 7.20. The minimum absolute atomic E-state index is 0.191. The van der Waals surface area contributed by atoms with Gasteiger partial charge < -0.3 is 19.6 Å². The molecule has 0 amide bonds. The van der Waals surface area contributed by atoms with E-state index in [4.69, 9.17) is 14.6 Å². The molecule has 4 aromatic rings. The Morgan fingerprint density at radius 2 is 2.07 bits per heavy atom. The van der Waals surface area contributed by atoms with Crippen molar-refractivity contribution in [3.05, 3.63) is 54.2 Å². The van der Waals surface area contributed by atoms with Gasteiger partial charge in [-0.2, -0.15) is 0 Å². The van der Waals surface area contributed by atoms with Crippen LogP contribution in [0, 0.1) is 0 Å². The van der Waals surface area contributed by atoms with Crippen molar-refractivity contribution in [3.8, 4) is 10.9 Å². The summed E-state index contributed by atoms with van der Waals surface area (Å²) in [7, 11) is 0. The first kappa shape index (κ1) is 18.9. The van der Waals surface area contributed by atoms with E-state index in [2.05, 4.69) is 20.9 Å². The second kappa shape index (κ2) is 7.97. The zero-order valence-corrected chi connectivity index (χ0v) is 17.0. The highest BCUT2D eigenvalue weighted by atomic mass is 32.1. The molecule has 2 aromatic carbocycles. The Morgan fingerprint density at radius 3 is 2.87 bits per heavy atom. The number of hydrogen-bond donors (Lipinski definition) is 2. The van der Waals surface area contributed by atoms with Gasteiger partial charge in [0, 0.05) is 42.8 Å². The Morgan fingerprint density at radius 1 is 1.23 bits per heavy atom. The number of piperidine rings is 1. The summed E-state index contributed by atoms with van der Waals surface area (Å²) in [6, 6.07) is 14.0. The lowest BCUT2D eigenvalue weighted by Gasteiger charge is -2.30. The van der Waals surface area contributed by atoms with Gasteiger partial charge in [-0.15, -0.1) is 0 Å². The first-order chi connectivity index (χ1) is 14.6. The van der Waals surface area contributed by atoms with Crippen molar-refractivity contribution < 1.29 is 19.4 Å². The number of likely N-dealkylation sites (tertiary alicyclic amines) is 1. The quantitative estimate of drug-likeness (QED) is 0.428. The Labute approximate surface area is 176 Å². The maximum atomic E-state index is 10.7. The van der Waals surface area contributed by atoms with Gasteiger partial charge in [0.25, 0.3) is 5.19 Å². The van der Waals surface area contributed by atoms with E-state index >= 15 is 0 Å². The Kier molecular flexibility index (Phi) is 5.02. The van der Waals surface area contributed by atoms with Crippen LogP contribution in [0.1, 0.15) is 18.4 Å². The first-order valence-corrected chi connectivity index (χ1v) is 10.7. The first-order valence-electron chi connectivity index (χ1n) is 9.89. The second-order valence-corrected chi connectivity index (χ2v) is 8.42. The normalized spacial score (nSPS) is 15.6. The molecule has 1 saturated heterocycles. The van der Waals surface area contributed by atoms with Crippen LogP contribution in [0.5, 0.6) is 10.9 Å². The zero-order chi connectivity index (χ0) is 20.5. The van der Waals surface area contributed by atoms with Gasteiger partial charge in [0.2, 0.25) is 0 Å². The van der Waals surface area contributed by atoms with Crippen LogP contribution in [0.2, 0.25) is 0 Å². The molecule has 154 valence electrons. The molecule has 3 heterocycles. The van der Waals surface area contributed by atoms with Crippen LogP contribution >= 0.6 is 11.3 Å². The predicted molar refractivity (Wildman–Crippen MR) is 115 cm³/mol. The SMILES string of the molecule is O=C(O)OC1CCN(Cc2c[nH]c3cc(Oc4nc5ccccc5s4)ccc23)CC1. The fraction of sp³-hybridized carbons (Fsp3) is 0.273. The van der Waals surface area contributed by atoms with Gasteiger partial charge in [0.1, 0.15) is 11.9 Å². The molecule has 1 fully saturated rings. The van der Waals surface area contributed by atoms with E-state index in [1.807, 2.05) is 42.6 Å². The van der Waals surface area contributed by atoms with E-state index in [1.165, 1.54) is 16.9 Å². The molecule has 1 aliphatic rings. The van der Waals surface area contributed by atoms with E-state index in [-0.39, 0.29) is 6.10 Å². The number of thiazole rings is 1. The van der Waals surface area contributed by atoms with Crippen LogP contribution in [-0.2, 0) is 11.3 Å². The fourth-order valence-electron chi connectivity index (χ4n) is 3.92. The van der Waals surface area contributed by atoms with Gasteiger partial charge in [-0.25, -0.2) is 9.78 Å². The van der Waals surface area contributed by atoms with E-state index in [1.54, 1.807) is 0 Å². The van der Waals surface area contributed by atoms with Crippen molar-refractivity contribution in [1.29, 1.82) is 0 Å². The largest absolute Gasteiger partial charge is 0.506 e. The summed E-state index contributed by atoms with van der Waals surface area (Å²) in [5.74, 6) is 0.751. The number of para-hydroxylation sites is 1. The highest BCUT2D eigenvalue weighted by Gasteiger charge is 2.22. The third kappa shape index (κ3) is 3.96. The molecule has 0 atom stereocenters. The molecule has 2 aromatic heterocycles. The third-order valence-electron chi connectivity index (χ3n) is 5.41. The molecule has 0 saturated carbocycles. The van der Waals surface area contributed by atoms with E-state index in [0.717, 1.165) is 59.3 Å². The summed E-state index contributed by atoms with van der Waals surface area (Å²) in [5.41, 5.74) is 3.18. The van der Waals surface area contributed by atoms with Crippen LogP contribution < -0.4 is 4.74 Å². The molecule has 0 aliphatic carbocycles. The lowest BCUT2D eigenvalue weighted by atomic mass is 10.1. The molecule has 5 rings (SSSR count). The number of fused-ring (bicyclic) bond motifs is 2. The molecule has 0 spiro atoms. The minimum Gasteiger partial charge on any atom is -0.450 e. The van der Waals surface area contributed by atoms with Crippen molar-refractivity contribution in [1.82, 2.24) is 14.9 Å². The third-order valence-corrected chi connectivity index (χ3v) is 6.33. The Hall–Kier alpha value is -3.10. The number of ether oxygens (including phenoxy) is 2. The number of H-pyrrole nitrogens is 1. The van der Waals surface area contributed by atoms with Crippen molar-refractivity contribution in [3.63, 3.8) is 0 Å². The number of benzene rings is 2. The average Bonchev–Trinajstić information content (AvgIpc) is 3.32. The van der Waals surface area contributed by atoms with E-state index in [0.29, 0.717) is 5.19 Å². The number of aromatic amines is 1. The number of nitrogens with one attached hydrogen (secondary N) is 1. The van der Waals surface area contributed by atoms with Crippen LogP contribution in [0.4, 0.5) is 4.79 Å². The lowest BCUT2D eigenvalue weighted by Crippen LogP contribution is -2.37. The van der Waals surface area contributed by atoms with Crippen molar-refractivity contribution >= 4 is 38.6 Å². The number of hydrogen-bond acceptors (Lipinski definition) is 6. The number of nitrogens with zero attached hydrogens (tertiary/aromatic N) is 2. The molecule has 0 unspecified atom stereocenters. The van der Waals surface area contributed by atoms with Gasteiger partial charge in [-0.3, -0.25) is 4.90 Å². The van der Waals surface area contributed by atoms with Crippen molar-refractivity contribution in [2.45, 2.75) is 25.5 Å². The second-order valence-electron chi connectivity index (χ2n) is 7.43. The molecule has 0 radical (unpaired) electrons. The number of rotatable bonds is 5. The van der Waals surface area contributed by atoms with Crippen molar-refractivity contribution in [2.24, 2.45) is 0 Å². The molecule has 30 heavy (non-hydrogen) atoms. The van der Waals surface area contributed by atoms with Gasteiger partial charge in [-0.1, -0.05) is 23.5 Å². The molecule has 7 nitrogen and oxygen atoms in total. The van der Waals surface area contributed by atoms with E-state index in [9.17, 15) is 4.79 Å². The fourth-order valence-corrected chi connectivity index (χ4v) is 4.76. The summed E-state index contributed by atoms with van der Waals surface area (Å²) in [4.78, 5) is 20.9. The molecular weight excluding hydrogens is 402 g/mol. The van der Waals surface area contributed by atoms with Gasteiger partial charge in [0.05, 0.1) is 10.2 Å². The monoisotopic (exact) mass is 423 g/mol. The molecular formula is C22H21N3O4S. The summed E-state index contributed by atoms with van der Waals surface area (Å²) in [6.07, 6.45) is 2.12. The topological polar surface area (TPSA) is 87.7 Å². The minimum atomic E-state index is -1.19. The standard InChI is InChI=1S/C22H21N3O4S/c26-22(27)29-15-7-9-25(10-8-15)13-14-12-23-19-11-16(5-6-17(14)19)28-21-24-18-3-1-2-4-20(18)30-21/h1-6,11-12,15,23H,7-10,13H2,(H,26,27). The number of carbonyl (C=O) groups is 1. The summed E-state index contributed by atoms with van der Waals surface area (Å²) in [5, 5.41) is 10.6. The maximum absolute atomic E-state index is 10.7. The molecule has 8 heteroatoms. The zero-order valence-electron chi connectivity index (χ0n) is 16.2. The van der Waals surface area contributed by atoms with Crippen LogP contribution in [0.3, 0.4) is 0 Å². The van der Waals surface area contributed by atoms with Crippen molar-refractivity contribution in [2.75, 3.05) is 13.1 Å². The van der Waals surface area contributed by atoms with Crippen LogP contribution in [0.25, 0.3) is 21.1 Å². The Bertz CT molecular complexity index is 1160.